The highest BCUT2D eigenvalue weighted by Gasteiger charge is 2.10. The van der Waals surface area contributed by atoms with E-state index in [4.69, 9.17) is 10.00 Å². The minimum absolute atomic E-state index is 0.262. The predicted octanol–water partition coefficient (Wildman–Crippen LogP) is 1.96. The molecule has 0 aliphatic heterocycles. The fraction of sp³-hybridized carbons (Fsp3) is 0.200. The first kappa shape index (κ1) is 13.8. The van der Waals surface area contributed by atoms with Crippen molar-refractivity contribution in [3.8, 4) is 23.1 Å². The fourth-order valence-corrected chi connectivity index (χ4v) is 2.11. The molecule has 1 aromatic carbocycles. The van der Waals surface area contributed by atoms with Crippen molar-refractivity contribution in [2.24, 2.45) is 7.05 Å². The summed E-state index contributed by atoms with van der Waals surface area (Å²) in [6, 6.07) is 11.4. The van der Waals surface area contributed by atoms with Crippen LogP contribution in [0.1, 0.15) is 17.1 Å². The number of nitrogens with one attached hydrogen (secondary N) is 1. The number of benzene rings is 1. The number of nitriles is 1. The van der Waals surface area contributed by atoms with Gasteiger partial charge in [0.15, 0.2) is 5.69 Å². The predicted molar refractivity (Wildman–Crippen MR) is 78.8 cm³/mol. The Morgan fingerprint density at radius 3 is 2.91 bits per heavy atom. The first-order chi connectivity index (χ1) is 10.7. The molecule has 0 spiro atoms. The van der Waals surface area contributed by atoms with E-state index in [2.05, 4.69) is 20.5 Å². The van der Waals surface area contributed by atoms with Crippen LogP contribution < -0.4 is 4.74 Å². The molecule has 2 heterocycles. The number of aromatic nitrogens is 5. The second kappa shape index (κ2) is 5.69. The highest BCUT2D eigenvalue weighted by atomic mass is 16.5. The summed E-state index contributed by atoms with van der Waals surface area (Å²) >= 11 is 0. The minimum atomic E-state index is 0.262. The van der Waals surface area contributed by atoms with Gasteiger partial charge in [-0.05, 0) is 25.1 Å². The van der Waals surface area contributed by atoms with Gasteiger partial charge in [-0.1, -0.05) is 12.1 Å². The summed E-state index contributed by atoms with van der Waals surface area (Å²) in [5.74, 6) is 0.688. The van der Waals surface area contributed by atoms with Gasteiger partial charge in [0.1, 0.15) is 29.8 Å². The summed E-state index contributed by atoms with van der Waals surface area (Å²) in [6.45, 7) is 2.38. The standard InChI is InChI=1S/C15H14N6O/c1-10-6-12(19-21(10)2)9-22-13-5-3-4-11(7-13)15-14(8-16)17-20-18-15/h3-7H,9H2,1-2H3,(H,17,18,20). The van der Waals surface area contributed by atoms with E-state index in [-0.39, 0.29) is 5.69 Å². The molecule has 0 aliphatic carbocycles. The lowest BCUT2D eigenvalue weighted by atomic mass is 10.1. The highest BCUT2D eigenvalue weighted by Crippen LogP contribution is 2.24. The Morgan fingerprint density at radius 2 is 2.18 bits per heavy atom. The molecule has 0 fully saturated rings. The Hall–Kier alpha value is -3.14. The van der Waals surface area contributed by atoms with Crippen LogP contribution in [0.3, 0.4) is 0 Å². The molecule has 3 rings (SSSR count). The maximum atomic E-state index is 9.00. The molecule has 110 valence electrons. The zero-order valence-corrected chi connectivity index (χ0v) is 12.2. The lowest BCUT2D eigenvalue weighted by molar-refractivity contribution is 0.300. The number of ether oxygens (including phenoxy) is 1. The van der Waals surface area contributed by atoms with E-state index in [1.165, 1.54) is 0 Å². The summed E-state index contributed by atoms with van der Waals surface area (Å²) < 4.78 is 7.56. The number of hydrogen-bond acceptors (Lipinski definition) is 5. The van der Waals surface area contributed by atoms with Gasteiger partial charge in [0.25, 0.3) is 0 Å². The molecule has 0 atom stereocenters. The molecule has 0 aliphatic rings. The van der Waals surface area contributed by atoms with Crippen molar-refractivity contribution in [1.29, 1.82) is 5.26 Å². The number of H-pyrrole nitrogens is 1. The number of rotatable bonds is 4. The molecule has 7 heteroatoms. The first-order valence-corrected chi connectivity index (χ1v) is 6.71. The molecule has 0 unspecified atom stereocenters. The normalized spacial score (nSPS) is 10.4. The molecule has 0 saturated heterocycles. The van der Waals surface area contributed by atoms with Crippen molar-refractivity contribution in [3.05, 3.63) is 47.4 Å². The number of hydrogen-bond donors (Lipinski definition) is 1. The SMILES string of the molecule is Cc1cc(COc2cccc(-c3n[nH]nc3C#N)c2)nn1C. The lowest BCUT2D eigenvalue weighted by Crippen LogP contribution is -1.98. The van der Waals surface area contributed by atoms with Crippen molar-refractivity contribution in [2.75, 3.05) is 0 Å². The molecule has 22 heavy (non-hydrogen) atoms. The third-order valence-corrected chi connectivity index (χ3v) is 3.31. The Bertz CT molecular complexity index is 822. The number of nitrogens with zero attached hydrogens (tertiary/aromatic N) is 5. The summed E-state index contributed by atoms with van der Waals surface area (Å²) in [6.07, 6.45) is 0. The van der Waals surface area contributed by atoms with Gasteiger partial charge in [-0.3, -0.25) is 4.68 Å². The van der Waals surface area contributed by atoms with Crippen LogP contribution in [0.15, 0.2) is 30.3 Å². The van der Waals surface area contributed by atoms with Gasteiger partial charge in [-0.25, -0.2) is 0 Å². The summed E-state index contributed by atoms with van der Waals surface area (Å²) in [5, 5.41) is 23.6. The third kappa shape index (κ3) is 2.67. The zero-order valence-electron chi connectivity index (χ0n) is 12.2. The molecule has 0 amide bonds. The van der Waals surface area contributed by atoms with E-state index in [0.717, 1.165) is 17.0 Å². The topological polar surface area (TPSA) is 92.4 Å². The van der Waals surface area contributed by atoms with E-state index in [9.17, 15) is 0 Å². The quantitative estimate of drug-likeness (QED) is 0.794. The highest BCUT2D eigenvalue weighted by molar-refractivity contribution is 5.65. The van der Waals surface area contributed by atoms with Crippen molar-refractivity contribution >= 4 is 0 Å². The zero-order chi connectivity index (χ0) is 15.5. The largest absolute Gasteiger partial charge is 0.487 e. The molecule has 0 saturated carbocycles. The molecule has 1 N–H and O–H groups in total. The molecule has 0 radical (unpaired) electrons. The second-order valence-corrected chi connectivity index (χ2v) is 4.85. The maximum Gasteiger partial charge on any atom is 0.190 e. The maximum absolute atomic E-state index is 9.00. The van der Waals surface area contributed by atoms with Gasteiger partial charge in [0, 0.05) is 18.3 Å². The van der Waals surface area contributed by atoms with Gasteiger partial charge in [-0.15, -0.1) is 5.10 Å². The van der Waals surface area contributed by atoms with Crippen molar-refractivity contribution < 1.29 is 4.74 Å². The summed E-state index contributed by atoms with van der Waals surface area (Å²) in [5.41, 5.74) is 3.50. The van der Waals surface area contributed by atoms with Crippen LogP contribution in [0.5, 0.6) is 5.75 Å². The van der Waals surface area contributed by atoms with Crippen LogP contribution in [0.2, 0.25) is 0 Å². The van der Waals surface area contributed by atoms with Gasteiger partial charge in [0.05, 0.1) is 0 Å². The van der Waals surface area contributed by atoms with Crippen LogP contribution >= 0.6 is 0 Å². The van der Waals surface area contributed by atoms with Gasteiger partial charge in [0.2, 0.25) is 0 Å². The Balaban J connectivity index is 1.78. The smallest absolute Gasteiger partial charge is 0.190 e. The Labute approximate surface area is 127 Å². The number of aryl methyl sites for hydroxylation is 2. The van der Waals surface area contributed by atoms with Crippen LogP contribution in [-0.2, 0) is 13.7 Å². The molecular formula is C15H14N6O. The summed E-state index contributed by atoms with van der Waals surface area (Å²) in [7, 11) is 1.90. The van der Waals surface area contributed by atoms with Gasteiger partial charge < -0.3 is 4.74 Å². The average molecular weight is 294 g/mol. The first-order valence-electron chi connectivity index (χ1n) is 6.71. The van der Waals surface area contributed by atoms with E-state index in [1.807, 2.05) is 55.1 Å². The molecule has 0 bridgehead atoms. The van der Waals surface area contributed by atoms with Crippen LogP contribution in [-0.4, -0.2) is 25.2 Å². The van der Waals surface area contributed by atoms with Crippen molar-refractivity contribution in [1.82, 2.24) is 25.2 Å². The average Bonchev–Trinajstić information content (AvgIpc) is 3.12. The molecular weight excluding hydrogens is 280 g/mol. The number of aromatic amines is 1. The van der Waals surface area contributed by atoms with Gasteiger partial charge in [-0.2, -0.15) is 20.7 Å². The monoisotopic (exact) mass is 294 g/mol. The minimum Gasteiger partial charge on any atom is -0.487 e. The fourth-order valence-electron chi connectivity index (χ4n) is 2.11. The lowest BCUT2D eigenvalue weighted by Gasteiger charge is -2.05. The van der Waals surface area contributed by atoms with Crippen LogP contribution in [0, 0.1) is 18.3 Å². The van der Waals surface area contributed by atoms with Crippen LogP contribution in [0.25, 0.3) is 11.3 Å². The molecule has 7 nitrogen and oxygen atoms in total. The van der Waals surface area contributed by atoms with Crippen molar-refractivity contribution in [2.45, 2.75) is 13.5 Å². The van der Waals surface area contributed by atoms with Gasteiger partial charge >= 0.3 is 0 Å². The molecule has 2 aromatic heterocycles. The van der Waals surface area contributed by atoms with E-state index in [0.29, 0.717) is 18.1 Å². The van der Waals surface area contributed by atoms with Crippen molar-refractivity contribution in [3.63, 3.8) is 0 Å². The third-order valence-electron chi connectivity index (χ3n) is 3.31. The van der Waals surface area contributed by atoms with E-state index < -0.39 is 0 Å². The van der Waals surface area contributed by atoms with Crippen LogP contribution in [0.4, 0.5) is 0 Å². The summed E-state index contributed by atoms with van der Waals surface area (Å²) in [4.78, 5) is 0. The van der Waals surface area contributed by atoms with E-state index >= 15 is 0 Å². The Kier molecular flexibility index (Phi) is 3.58. The van der Waals surface area contributed by atoms with E-state index in [1.54, 1.807) is 0 Å². The molecule has 3 aromatic rings. The second-order valence-electron chi connectivity index (χ2n) is 4.85. The Morgan fingerprint density at radius 1 is 1.32 bits per heavy atom.